The van der Waals surface area contributed by atoms with Gasteiger partial charge in [0.2, 0.25) is 0 Å². The highest BCUT2D eigenvalue weighted by Crippen LogP contribution is 2.18. The number of rotatable bonds is 12. The third-order valence-electron chi connectivity index (χ3n) is 3.49. The lowest BCUT2D eigenvalue weighted by Gasteiger charge is -2.12. The van der Waals surface area contributed by atoms with E-state index < -0.39 is 0 Å². The van der Waals surface area contributed by atoms with Crippen LogP contribution in [0.15, 0.2) is 12.2 Å². The molecule has 0 aliphatic rings. The highest BCUT2D eigenvalue weighted by Gasteiger charge is 2.03. The van der Waals surface area contributed by atoms with Crippen LogP contribution in [0.4, 0.5) is 0 Å². The first-order valence-corrected chi connectivity index (χ1v) is 7.58. The Balaban J connectivity index is 3.34. The summed E-state index contributed by atoms with van der Waals surface area (Å²) in [5, 5.41) is 0. The number of hydrogen-bond acceptors (Lipinski definition) is 0. The molecular weight excluding hydrogens is 204 g/mol. The van der Waals surface area contributed by atoms with Crippen molar-refractivity contribution >= 4 is 0 Å². The molecule has 0 spiro atoms. The van der Waals surface area contributed by atoms with Gasteiger partial charge >= 0.3 is 0 Å². The molecule has 0 N–H and O–H groups in total. The van der Waals surface area contributed by atoms with Crippen LogP contribution in [0.1, 0.15) is 77.6 Å². The molecule has 0 bridgehead atoms. The standard InChI is InChI=1S/C17H32/c1-4-7-9-10-11-12-14-16-17(6-3)15-13-8-5-2/h8,13,17H,1-2,4-7,9-12,14-16H2,3H3/b13-8+. The van der Waals surface area contributed by atoms with Crippen molar-refractivity contribution in [2.24, 2.45) is 5.92 Å². The van der Waals surface area contributed by atoms with Crippen molar-refractivity contribution in [2.75, 3.05) is 0 Å². The van der Waals surface area contributed by atoms with Crippen LogP contribution in [0.3, 0.4) is 0 Å². The van der Waals surface area contributed by atoms with Crippen molar-refractivity contribution in [1.82, 2.24) is 0 Å². The molecule has 0 saturated carbocycles. The second kappa shape index (κ2) is 13.8. The highest BCUT2D eigenvalue weighted by molar-refractivity contribution is 4.84. The quantitative estimate of drug-likeness (QED) is 0.282. The lowest BCUT2D eigenvalue weighted by molar-refractivity contribution is 0.442. The third-order valence-corrected chi connectivity index (χ3v) is 3.49. The zero-order valence-corrected chi connectivity index (χ0v) is 11.9. The Morgan fingerprint density at radius 1 is 0.882 bits per heavy atom. The molecule has 0 aromatic carbocycles. The maximum atomic E-state index is 3.88. The molecule has 1 unspecified atom stereocenters. The van der Waals surface area contributed by atoms with Crippen LogP contribution in [-0.4, -0.2) is 0 Å². The molecule has 0 heterocycles. The maximum Gasteiger partial charge on any atom is -0.0322 e. The molecule has 17 heavy (non-hydrogen) atoms. The van der Waals surface area contributed by atoms with Crippen LogP contribution < -0.4 is 0 Å². The molecule has 0 aliphatic heterocycles. The van der Waals surface area contributed by atoms with Gasteiger partial charge in [0.05, 0.1) is 0 Å². The summed E-state index contributed by atoms with van der Waals surface area (Å²) in [7, 11) is 0. The lowest BCUT2D eigenvalue weighted by Crippen LogP contribution is -1.97. The number of unbranched alkanes of at least 4 members (excludes halogenated alkanes) is 6. The van der Waals surface area contributed by atoms with Crippen LogP contribution in [0.2, 0.25) is 0 Å². The van der Waals surface area contributed by atoms with Gasteiger partial charge in [-0.25, -0.2) is 0 Å². The Morgan fingerprint density at radius 3 is 2.12 bits per heavy atom. The molecule has 0 saturated heterocycles. The summed E-state index contributed by atoms with van der Waals surface area (Å²) in [6, 6.07) is 0. The first-order chi connectivity index (χ1) is 8.35. The van der Waals surface area contributed by atoms with Crippen molar-refractivity contribution < 1.29 is 0 Å². The molecular formula is C17H32. The van der Waals surface area contributed by atoms with Gasteiger partial charge in [-0.05, 0) is 25.7 Å². The predicted octanol–water partition coefficient (Wildman–Crippen LogP) is 6.14. The summed E-state index contributed by atoms with van der Waals surface area (Å²) < 4.78 is 0. The van der Waals surface area contributed by atoms with E-state index in [9.17, 15) is 0 Å². The average Bonchev–Trinajstić information content (AvgIpc) is 2.35. The van der Waals surface area contributed by atoms with Gasteiger partial charge in [0.1, 0.15) is 0 Å². The van der Waals surface area contributed by atoms with Crippen LogP contribution in [0.5, 0.6) is 0 Å². The van der Waals surface area contributed by atoms with Crippen molar-refractivity contribution in [3.63, 3.8) is 0 Å². The molecule has 0 aromatic rings. The van der Waals surface area contributed by atoms with E-state index in [4.69, 9.17) is 0 Å². The minimum Gasteiger partial charge on any atom is -0.0885 e. The number of hydrogen-bond donors (Lipinski definition) is 0. The first-order valence-electron chi connectivity index (χ1n) is 7.58. The molecule has 0 rings (SSSR count). The first kappa shape index (κ1) is 16.7. The van der Waals surface area contributed by atoms with Crippen molar-refractivity contribution in [2.45, 2.75) is 77.6 Å². The molecule has 0 amide bonds. The third kappa shape index (κ3) is 12.0. The zero-order chi connectivity index (χ0) is 12.8. The van der Waals surface area contributed by atoms with Gasteiger partial charge in [-0.1, -0.05) is 83.8 Å². The largest absolute Gasteiger partial charge is 0.0885 e. The Labute approximate surface area is 110 Å². The number of allylic oxidation sites excluding steroid dienone is 2. The van der Waals surface area contributed by atoms with E-state index in [0.717, 1.165) is 18.8 Å². The minimum atomic E-state index is 0.901. The Bertz CT molecular complexity index is 157. The summed E-state index contributed by atoms with van der Waals surface area (Å²) in [5.74, 6) is 0.901. The normalized spacial score (nSPS) is 13.4. The fourth-order valence-corrected chi connectivity index (χ4v) is 2.21. The second-order valence-electron chi connectivity index (χ2n) is 5.03. The second-order valence-corrected chi connectivity index (χ2v) is 5.03. The van der Waals surface area contributed by atoms with Gasteiger partial charge < -0.3 is 0 Å². The topological polar surface area (TPSA) is 0 Å². The van der Waals surface area contributed by atoms with Crippen LogP contribution in [0, 0.1) is 19.8 Å². The molecule has 1 atom stereocenters. The van der Waals surface area contributed by atoms with Gasteiger partial charge in [-0.2, -0.15) is 0 Å². The SMILES string of the molecule is [CH2]C/C=C/CC(CC)CCCCCCCC[CH2]. The van der Waals surface area contributed by atoms with Crippen LogP contribution in [0.25, 0.3) is 0 Å². The molecule has 0 nitrogen and oxygen atoms in total. The van der Waals surface area contributed by atoms with Crippen LogP contribution in [-0.2, 0) is 0 Å². The van der Waals surface area contributed by atoms with E-state index in [0.29, 0.717) is 0 Å². The maximum absolute atomic E-state index is 3.88. The molecule has 0 aliphatic carbocycles. The molecule has 0 heteroatoms. The molecule has 2 radical (unpaired) electrons. The monoisotopic (exact) mass is 236 g/mol. The molecule has 100 valence electrons. The van der Waals surface area contributed by atoms with E-state index in [-0.39, 0.29) is 0 Å². The minimum absolute atomic E-state index is 0.901. The van der Waals surface area contributed by atoms with E-state index in [1.807, 2.05) is 0 Å². The van der Waals surface area contributed by atoms with Gasteiger partial charge in [-0.15, -0.1) is 0 Å². The van der Waals surface area contributed by atoms with E-state index >= 15 is 0 Å². The van der Waals surface area contributed by atoms with Gasteiger partial charge in [0.15, 0.2) is 0 Å². The fourth-order valence-electron chi connectivity index (χ4n) is 2.21. The van der Waals surface area contributed by atoms with Crippen molar-refractivity contribution in [3.8, 4) is 0 Å². The van der Waals surface area contributed by atoms with Gasteiger partial charge in [-0.3, -0.25) is 0 Å². The Hall–Kier alpha value is -0.260. The summed E-state index contributed by atoms with van der Waals surface area (Å²) in [5.41, 5.74) is 0. The highest BCUT2D eigenvalue weighted by atomic mass is 14.1. The fraction of sp³-hybridized carbons (Fsp3) is 0.765. The predicted molar refractivity (Wildman–Crippen MR) is 79.8 cm³/mol. The summed E-state index contributed by atoms with van der Waals surface area (Å²) in [6.07, 6.45) is 18.9. The van der Waals surface area contributed by atoms with Crippen LogP contribution >= 0.6 is 0 Å². The summed E-state index contributed by atoms with van der Waals surface area (Å²) in [4.78, 5) is 0. The van der Waals surface area contributed by atoms with E-state index in [1.54, 1.807) is 0 Å². The zero-order valence-electron chi connectivity index (χ0n) is 11.9. The van der Waals surface area contributed by atoms with E-state index in [1.165, 1.54) is 57.8 Å². The summed E-state index contributed by atoms with van der Waals surface area (Å²) in [6.45, 7) is 10.0. The Morgan fingerprint density at radius 2 is 1.53 bits per heavy atom. The molecule has 0 aromatic heterocycles. The van der Waals surface area contributed by atoms with Gasteiger partial charge in [0.25, 0.3) is 0 Å². The molecule has 0 fully saturated rings. The van der Waals surface area contributed by atoms with Crippen molar-refractivity contribution in [3.05, 3.63) is 26.0 Å². The lowest BCUT2D eigenvalue weighted by atomic mass is 9.94. The summed E-state index contributed by atoms with van der Waals surface area (Å²) >= 11 is 0. The van der Waals surface area contributed by atoms with E-state index in [2.05, 4.69) is 32.9 Å². The van der Waals surface area contributed by atoms with Gasteiger partial charge in [0, 0.05) is 0 Å². The average molecular weight is 236 g/mol. The smallest absolute Gasteiger partial charge is 0.0322 e. The Kier molecular flexibility index (Phi) is 13.6. The van der Waals surface area contributed by atoms with Crippen molar-refractivity contribution in [1.29, 1.82) is 0 Å².